The van der Waals surface area contributed by atoms with E-state index >= 15 is 0 Å². The van der Waals surface area contributed by atoms with Gasteiger partial charge in [0.25, 0.3) is 18.9 Å². The van der Waals surface area contributed by atoms with E-state index in [0.717, 1.165) is 38.4 Å². The Hall–Kier alpha value is -4.72. The lowest BCUT2D eigenvalue weighted by Crippen LogP contribution is -2.46. The maximum absolute atomic E-state index is 13.3. The molecule has 3 fully saturated rings. The van der Waals surface area contributed by atoms with Crippen LogP contribution in [-0.2, 0) is 19.1 Å². The van der Waals surface area contributed by atoms with Gasteiger partial charge < -0.3 is 34.8 Å². The van der Waals surface area contributed by atoms with Gasteiger partial charge in [-0.15, -0.1) is 0 Å². The van der Waals surface area contributed by atoms with E-state index in [9.17, 15) is 14.4 Å². The van der Waals surface area contributed by atoms with E-state index in [0.29, 0.717) is 31.5 Å². The number of nitrogens with one attached hydrogen (secondary N) is 1. The third-order valence-corrected chi connectivity index (χ3v) is 8.34. The molecule has 1 aromatic carbocycles. The molecule has 2 saturated heterocycles. The summed E-state index contributed by atoms with van der Waals surface area (Å²) in [5, 5.41) is 16.7. The average molecular weight is 628 g/mol. The zero-order valence-electron chi connectivity index (χ0n) is 25.8. The van der Waals surface area contributed by atoms with Gasteiger partial charge >= 0.3 is 5.97 Å². The number of amides is 2. The summed E-state index contributed by atoms with van der Waals surface area (Å²) in [6.45, 7) is 8.04. The highest BCUT2D eigenvalue weighted by atomic mass is 16.5. The molecule has 2 aromatic rings. The van der Waals surface area contributed by atoms with Crippen LogP contribution in [0.1, 0.15) is 47.0 Å². The number of nitrogens with zero attached hydrogens (tertiary/aromatic N) is 4. The Kier molecular flexibility index (Phi) is 12.7. The number of pyridine rings is 1. The van der Waals surface area contributed by atoms with Crippen LogP contribution in [0.2, 0.25) is 0 Å². The number of hydrogen-bond donors (Lipinski definition) is 3. The first kappa shape index (κ1) is 34.8. The molecule has 3 aliphatic rings. The number of piperazine rings is 1. The van der Waals surface area contributed by atoms with E-state index in [1.54, 1.807) is 12.1 Å². The number of carbonyl (C=O) groups is 5. The standard InChI is InChI=1S/C29H37N5O5.2CH2O2/c1-4-12-32-14-16-33(17-15-32)22-7-5-20(6-8-22)26(35)34-13-11-29(18-21(29)19-34)28(37)30-23-9-10-24(38-2)31-25(23)27(36)39-3;2*2-1-3/h5-10,21H,4,11-19H2,1-3H3,(H,30,37);2*1H,(H,2,3). The zero-order valence-corrected chi connectivity index (χ0v) is 25.8. The number of rotatable bonds is 8. The highest BCUT2D eigenvalue weighted by Gasteiger charge is 2.62. The van der Waals surface area contributed by atoms with Gasteiger partial charge in [0.15, 0.2) is 5.69 Å². The third kappa shape index (κ3) is 8.47. The molecule has 14 heteroatoms. The number of ether oxygens (including phenoxy) is 2. The summed E-state index contributed by atoms with van der Waals surface area (Å²) >= 11 is 0. The van der Waals surface area contributed by atoms with Crippen LogP contribution in [0, 0.1) is 11.3 Å². The summed E-state index contributed by atoms with van der Waals surface area (Å²) in [4.78, 5) is 66.4. The molecule has 1 aliphatic carbocycles. The maximum Gasteiger partial charge on any atom is 0.358 e. The van der Waals surface area contributed by atoms with Crippen molar-refractivity contribution in [2.24, 2.45) is 11.3 Å². The topological polar surface area (TPSA) is 179 Å². The van der Waals surface area contributed by atoms with E-state index in [-0.39, 0.29) is 47.9 Å². The number of benzene rings is 1. The predicted octanol–water partition coefficient (Wildman–Crippen LogP) is 2.30. The Morgan fingerprint density at radius 3 is 2.20 bits per heavy atom. The highest BCUT2D eigenvalue weighted by Crippen LogP contribution is 2.58. The molecule has 3 heterocycles. The van der Waals surface area contributed by atoms with Crippen LogP contribution >= 0.6 is 0 Å². The SMILES string of the molecule is CCCN1CCN(c2ccc(C(=O)N3CCC4(C(=O)Nc5ccc(OC)nc5C(=O)OC)CC4C3)cc2)CC1.O=CO.O=CO. The van der Waals surface area contributed by atoms with Crippen LogP contribution in [0.4, 0.5) is 11.4 Å². The van der Waals surface area contributed by atoms with Gasteiger partial charge in [-0.25, -0.2) is 9.78 Å². The molecule has 45 heavy (non-hydrogen) atoms. The second-order valence-electron chi connectivity index (χ2n) is 10.8. The molecule has 0 spiro atoms. The van der Waals surface area contributed by atoms with E-state index in [4.69, 9.17) is 29.3 Å². The zero-order chi connectivity index (χ0) is 33.0. The van der Waals surface area contributed by atoms with Crippen LogP contribution in [-0.4, -0.2) is 116 Å². The Morgan fingerprint density at radius 1 is 1.00 bits per heavy atom. The molecule has 0 radical (unpaired) electrons. The van der Waals surface area contributed by atoms with Crippen molar-refractivity contribution in [1.82, 2.24) is 14.8 Å². The fraction of sp³-hybridized carbons (Fsp3) is 0.484. The number of anilines is 2. The number of carboxylic acid groups (broad SMARTS) is 2. The van der Waals surface area contributed by atoms with E-state index < -0.39 is 11.4 Å². The Bertz CT molecular complexity index is 1330. The normalized spacial score (nSPS) is 20.1. The molecular weight excluding hydrogens is 586 g/mol. The lowest BCUT2D eigenvalue weighted by atomic mass is 9.93. The van der Waals surface area contributed by atoms with Gasteiger partial charge in [-0.1, -0.05) is 6.92 Å². The van der Waals surface area contributed by atoms with Crippen molar-refractivity contribution in [3.63, 3.8) is 0 Å². The summed E-state index contributed by atoms with van der Waals surface area (Å²) in [7, 11) is 2.72. The monoisotopic (exact) mass is 627 g/mol. The molecule has 14 nitrogen and oxygen atoms in total. The summed E-state index contributed by atoms with van der Waals surface area (Å²) in [6, 6.07) is 11.1. The minimum Gasteiger partial charge on any atom is -0.483 e. The molecular formula is C31H41N5O9. The van der Waals surface area contributed by atoms with Crippen molar-refractivity contribution in [1.29, 1.82) is 0 Å². The fourth-order valence-corrected chi connectivity index (χ4v) is 5.89. The lowest BCUT2D eigenvalue weighted by Gasteiger charge is -2.36. The number of piperidine rings is 1. The quantitative estimate of drug-likeness (QED) is 0.288. The van der Waals surface area contributed by atoms with Gasteiger partial charge in [-0.05, 0) is 62.1 Å². The van der Waals surface area contributed by atoms with E-state index in [2.05, 4.69) is 27.0 Å². The first-order valence-electron chi connectivity index (χ1n) is 14.7. The second-order valence-corrected chi connectivity index (χ2v) is 10.8. The van der Waals surface area contributed by atoms with Gasteiger partial charge in [-0.3, -0.25) is 24.1 Å². The minimum absolute atomic E-state index is 0.00213. The van der Waals surface area contributed by atoms with Crippen molar-refractivity contribution >= 4 is 42.1 Å². The van der Waals surface area contributed by atoms with E-state index in [1.807, 2.05) is 29.2 Å². The second kappa shape index (κ2) is 16.4. The number of fused-ring (bicyclic) bond motifs is 1. The predicted molar refractivity (Wildman–Crippen MR) is 165 cm³/mol. The van der Waals surface area contributed by atoms with Crippen LogP contribution in [0.3, 0.4) is 0 Å². The van der Waals surface area contributed by atoms with Crippen molar-refractivity contribution < 1.29 is 43.7 Å². The van der Waals surface area contributed by atoms with Crippen molar-refractivity contribution in [3.05, 3.63) is 47.7 Å². The van der Waals surface area contributed by atoms with Gasteiger partial charge in [0.1, 0.15) is 0 Å². The van der Waals surface area contributed by atoms with Crippen molar-refractivity contribution in [2.45, 2.75) is 26.2 Å². The molecule has 3 N–H and O–H groups in total. The number of esters is 1. The van der Waals surface area contributed by atoms with Crippen LogP contribution in [0.15, 0.2) is 36.4 Å². The molecule has 2 amide bonds. The van der Waals surface area contributed by atoms with Gasteiger partial charge in [-0.2, -0.15) is 0 Å². The lowest BCUT2D eigenvalue weighted by molar-refractivity contribution is -0.123. The Labute approximate surface area is 261 Å². The number of methoxy groups -OCH3 is 2. The molecule has 0 bridgehead atoms. The molecule has 1 saturated carbocycles. The average Bonchev–Trinajstić information content (AvgIpc) is 3.81. The fourth-order valence-electron chi connectivity index (χ4n) is 5.89. The minimum atomic E-state index is -0.653. The summed E-state index contributed by atoms with van der Waals surface area (Å²) in [5.41, 5.74) is 1.58. The molecule has 1 aromatic heterocycles. The van der Waals surface area contributed by atoms with Gasteiger partial charge in [0.2, 0.25) is 11.8 Å². The maximum atomic E-state index is 13.3. The highest BCUT2D eigenvalue weighted by molar-refractivity contribution is 6.03. The van der Waals surface area contributed by atoms with Crippen LogP contribution in [0.5, 0.6) is 5.88 Å². The number of likely N-dealkylation sites (tertiary alicyclic amines) is 1. The molecule has 2 unspecified atom stereocenters. The summed E-state index contributed by atoms with van der Waals surface area (Å²) in [5.74, 6) is -0.464. The van der Waals surface area contributed by atoms with E-state index in [1.165, 1.54) is 20.6 Å². The molecule has 2 atom stereocenters. The molecule has 2 aliphatic heterocycles. The largest absolute Gasteiger partial charge is 0.483 e. The Balaban J connectivity index is 0.000000853. The molecule has 244 valence electrons. The van der Waals surface area contributed by atoms with Gasteiger partial charge in [0, 0.05) is 56.6 Å². The van der Waals surface area contributed by atoms with Crippen molar-refractivity contribution in [2.75, 3.05) is 70.2 Å². The van der Waals surface area contributed by atoms with Crippen LogP contribution in [0.25, 0.3) is 0 Å². The summed E-state index contributed by atoms with van der Waals surface area (Å²) < 4.78 is 9.92. The number of hydrogen-bond acceptors (Lipinski definition) is 10. The third-order valence-electron chi connectivity index (χ3n) is 8.34. The Morgan fingerprint density at radius 2 is 1.64 bits per heavy atom. The number of carbonyl (C=O) groups excluding carboxylic acids is 3. The first-order valence-corrected chi connectivity index (χ1v) is 14.7. The summed E-state index contributed by atoms with van der Waals surface area (Å²) in [6.07, 6.45) is 2.46. The van der Waals surface area contributed by atoms with Crippen LogP contribution < -0.4 is 15.0 Å². The number of aromatic nitrogens is 1. The van der Waals surface area contributed by atoms with Crippen molar-refractivity contribution in [3.8, 4) is 5.88 Å². The first-order chi connectivity index (χ1) is 21.7. The smallest absolute Gasteiger partial charge is 0.358 e. The van der Waals surface area contributed by atoms with Gasteiger partial charge in [0.05, 0.1) is 25.3 Å². The molecule has 5 rings (SSSR count).